The van der Waals surface area contributed by atoms with Gasteiger partial charge in [0.25, 0.3) is 0 Å². The molecule has 0 saturated carbocycles. The minimum absolute atomic E-state index is 0.0334. The summed E-state index contributed by atoms with van der Waals surface area (Å²) in [7, 11) is 3.31. The molecule has 26 heavy (non-hydrogen) atoms. The second-order valence-corrected chi connectivity index (χ2v) is 6.49. The van der Waals surface area contributed by atoms with Gasteiger partial charge < -0.3 is 15.2 Å². The molecule has 3 aromatic carbocycles. The van der Waals surface area contributed by atoms with Gasteiger partial charge in [-0.15, -0.1) is 0 Å². The monoisotopic (exact) mass is 349 g/mol. The Morgan fingerprint density at radius 2 is 1.58 bits per heavy atom. The number of amides is 1. The Balaban J connectivity index is 2.04. The van der Waals surface area contributed by atoms with Gasteiger partial charge in [-0.2, -0.15) is 0 Å². The first kappa shape index (κ1) is 17.8. The second kappa shape index (κ2) is 7.48. The summed E-state index contributed by atoms with van der Waals surface area (Å²) in [4.78, 5) is 11.3. The first-order valence-corrected chi connectivity index (χ1v) is 8.55. The highest BCUT2D eigenvalue weighted by molar-refractivity contribution is 5.88. The fraction of sp³-hybridized carbons (Fsp3) is 0.227. The molecule has 0 aromatic heterocycles. The Bertz CT molecular complexity index is 949. The molecule has 0 bridgehead atoms. The first-order valence-electron chi connectivity index (χ1n) is 8.55. The quantitative estimate of drug-likeness (QED) is 0.712. The zero-order chi connectivity index (χ0) is 18.7. The van der Waals surface area contributed by atoms with Gasteiger partial charge in [-0.25, -0.2) is 0 Å². The van der Waals surface area contributed by atoms with E-state index in [0.717, 1.165) is 39.0 Å². The number of carbonyl (C=O) groups is 1. The average molecular weight is 349 g/mol. The summed E-state index contributed by atoms with van der Waals surface area (Å²) in [6, 6.07) is 18.4. The summed E-state index contributed by atoms with van der Waals surface area (Å²) >= 11 is 0. The molecule has 0 radical (unpaired) electrons. The third-order valence-corrected chi connectivity index (χ3v) is 4.62. The lowest BCUT2D eigenvalue weighted by Crippen LogP contribution is -2.13. The third kappa shape index (κ3) is 3.80. The highest BCUT2D eigenvalue weighted by Gasteiger charge is 2.12. The highest BCUT2D eigenvalue weighted by Crippen LogP contribution is 2.32. The molecule has 4 heteroatoms. The Hall–Kier alpha value is -3.01. The lowest BCUT2D eigenvalue weighted by Gasteiger charge is -2.14. The molecule has 1 amide bonds. The van der Waals surface area contributed by atoms with E-state index in [1.54, 1.807) is 14.2 Å². The van der Waals surface area contributed by atoms with Crippen LogP contribution in [0.2, 0.25) is 0 Å². The van der Waals surface area contributed by atoms with Crippen LogP contribution in [-0.2, 0) is 4.79 Å². The first-order chi connectivity index (χ1) is 12.5. The topological polar surface area (TPSA) is 61.6 Å². The Morgan fingerprint density at radius 1 is 0.885 bits per heavy atom. The normalized spacial score (nSPS) is 12.0. The van der Waals surface area contributed by atoms with Gasteiger partial charge in [0.05, 0.1) is 14.2 Å². The molecule has 0 spiro atoms. The van der Waals surface area contributed by atoms with Crippen LogP contribution in [0.4, 0.5) is 0 Å². The number of rotatable bonds is 6. The van der Waals surface area contributed by atoms with E-state index in [0.29, 0.717) is 6.42 Å². The number of primary amides is 1. The predicted octanol–water partition coefficient (Wildman–Crippen LogP) is 4.50. The van der Waals surface area contributed by atoms with Crippen molar-refractivity contribution < 1.29 is 14.3 Å². The lowest BCUT2D eigenvalue weighted by atomic mass is 9.93. The maximum Gasteiger partial charge on any atom is 0.218 e. The van der Waals surface area contributed by atoms with E-state index in [9.17, 15) is 4.79 Å². The molecule has 1 atom stereocenters. The van der Waals surface area contributed by atoms with Crippen molar-refractivity contribution in [2.24, 2.45) is 5.73 Å². The smallest absolute Gasteiger partial charge is 0.218 e. The van der Waals surface area contributed by atoms with Crippen LogP contribution < -0.4 is 15.2 Å². The van der Waals surface area contributed by atoms with Crippen molar-refractivity contribution in [1.29, 1.82) is 0 Å². The van der Waals surface area contributed by atoms with Crippen molar-refractivity contribution in [1.82, 2.24) is 0 Å². The summed E-state index contributed by atoms with van der Waals surface area (Å²) < 4.78 is 10.7. The van der Waals surface area contributed by atoms with E-state index in [4.69, 9.17) is 15.2 Å². The largest absolute Gasteiger partial charge is 0.497 e. The molecule has 0 fully saturated rings. The molecule has 2 N–H and O–H groups in total. The van der Waals surface area contributed by atoms with Crippen LogP contribution >= 0.6 is 0 Å². The van der Waals surface area contributed by atoms with E-state index in [1.807, 2.05) is 31.2 Å². The number of hydrogen-bond donors (Lipinski definition) is 1. The molecule has 1 unspecified atom stereocenters. The molecule has 4 nitrogen and oxygen atoms in total. The number of benzene rings is 3. The molecule has 134 valence electrons. The third-order valence-electron chi connectivity index (χ3n) is 4.62. The molecule has 0 heterocycles. The van der Waals surface area contributed by atoms with Gasteiger partial charge in [0.15, 0.2) is 0 Å². The molecular formula is C22H23NO3. The number of ether oxygens (including phenoxy) is 2. The van der Waals surface area contributed by atoms with Crippen LogP contribution in [0.25, 0.3) is 21.9 Å². The standard InChI is InChI=1S/C22H23NO3/c1-14(8-22(23)24)18-10-19(13-21(12-18)26-3)16-4-5-17-11-20(25-2)7-6-15(17)9-16/h4-7,9-14H,8H2,1-3H3,(H2,23,24). The van der Waals surface area contributed by atoms with Crippen molar-refractivity contribution in [2.75, 3.05) is 14.2 Å². The Labute approximate surface area is 153 Å². The predicted molar refractivity (Wildman–Crippen MR) is 105 cm³/mol. The number of hydrogen-bond acceptors (Lipinski definition) is 3. The van der Waals surface area contributed by atoms with E-state index >= 15 is 0 Å². The van der Waals surface area contributed by atoms with Crippen LogP contribution in [0.3, 0.4) is 0 Å². The van der Waals surface area contributed by atoms with Crippen molar-refractivity contribution in [2.45, 2.75) is 19.3 Å². The minimum Gasteiger partial charge on any atom is -0.497 e. The average Bonchev–Trinajstić information content (AvgIpc) is 2.66. The van der Waals surface area contributed by atoms with Crippen molar-refractivity contribution in [3.05, 3.63) is 60.2 Å². The zero-order valence-electron chi connectivity index (χ0n) is 15.3. The molecular weight excluding hydrogens is 326 g/mol. The van der Waals surface area contributed by atoms with E-state index in [1.165, 1.54) is 0 Å². The van der Waals surface area contributed by atoms with Gasteiger partial charge in [0, 0.05) is 6.42 Å². The van der Waals surface area contributed by atoms with Crippen molar-refractivity contribution in [3.8, 4) is 22.6 Å². The minimum atomic E-state index is -0.304. The van der Waals surface area contributed by atoms with Gasteiger partial charge in [0.2, 0.25) is 5.91 Å². The molecule has 3 aromatic rings. The number of nitrogens with two attached hydrogens (primary N) is 1. The van der Waals surface area contributed by atoms with Crippen LogP contribution in [0, 0.1) is 0 Å². The lowest BCUT2D eigenvalue weighted by molar-refractivity contribution is -0.118. The van der Waals surface area contributed by atoms with Crippen molar-refractivity contribution in [3.63, 3.8) is 0 Å². The second-order valence-electron chi connectivity index (χ2n) is 6.49. The molecule has 0 aliphatic carbocycles. The van der Waals surface area contributed by atoms with E-state index in [-0.39, 0.29) is 11.8 Å². The fourth-order valence-electron chi connectivity index (χ4n) is 3.14. The maximum absolute atomic E-state index is 11.3. The molecule has 3 rings (SSSR count). The van der Waals surface area contributed by atoms with Gasteiger partial charge in [-0.05, 0) is 63.7 Å². The van der Waals surface area contributed by atoms with E-state index < -0.39 is 0 Å². The zero-order valence-corrected chi connectivity index (χ0v) is 15.3. The highest BCUT2D eigenvalue weighted by atomic mass is 16.5. The summed E-state index contributed by atoms with van der Waals surface area (Å²) in [6.07, 6.45) is 0.310. The number of carbonyl (C=O) groups excluding carboxylic acids is 1. The number of fused-ring (bicyclic) bond motifs is 1. The SMILES string of the molecule is COc1cc(-c2ccc3cc(OC)ccc3c2)cc(C(C)CC(N)=O)c1. The van der Waals surface area contributed by atoms with Gasteiger partial charge in [-0.3, -0.25) is 4.79 Å². The van der Waals surface area contributed by atoms with Crippen LogP contribution in [0.1, 0.15) is 24.8 Å². The summed E-state index contributed by atoms with van der Waals surface area (Å²) in [5, 5.41) is 2.26. The molecule has 0 aliphatic rings. The van der Waals surface area contributed by atoms with Crippen LogP contribution in [-0.4, -0.2) is 20.1 Å². The Morgan fingerprint density at radius 3 is 2.27 bits per heavy atom. The van der Waals surface area contributed by atoms with Gasteiger partial charge in [-0.1, -0.05) is 31.2 Å². The molecule has 0 saturated heterocycles. The maximum atomic E-state index is 11.3. The number of methoxy groups -OCH3 is 2. The van der Waals surface area contributed by atoms with Crippen molar-refractivity contribution >= 4 is 16.7 Å². The molecule has 0 aliphatic heterocycles. The summed E-state index contributed by atoms with van der Waals surface area (Å²) in [6.45, 7) is 2.00. The van der Waals surface area contributed by atoms with Gasteiger partial charge >= 0.3 is 0 Å². The Kier molecular flexibility index (Phi) is 5.12. The summed E-state index contributed by atoms with van der Waals surface area (Å²) in [5.41, 5.74) is 8.53. The van der Waals surface area contributed by atoms with E-state index in [2.05, 4.69) is 30.3 Å². The fourth-order valence-corrected chi connectivity index (χ4v) is 3.14. The van der Waals surface area contributed by atoms with Crippen LogP contribution in [0.5, 0.6) is 11.5 Å². The van der Waals surface area contributed by atoms with Crippen LogP contribution in [0.15, 0.2) is 54.6 Å². The summed E-state index contributed by atoms with van der Waals surface area (Å²) in [5.74, 6) is 1.34. The van der Waals surface area contributed by atoms with Gasteiger partial charge in [0.1, 0.15) is 11.5 Å².